The molecular weight excluding hydrogens is 354 g/mol. The molecule has 0 bridgehead atoms. The summed E-state index contributed by atoms with van der Waals surface area (Å²) in [6, 6.07) is 3.63. The van der Waals surface area contributed by atoms with Crippen molar-refractivity contribution in [1.82, 2.24) is 10.3 Å². The third kappa shape index (κ3) is 6.85. The summed E-state index contributed by atoms with van der Waals surface area (Å²) in [6.07, 6.45) is 1.04. The molecule has 0 aromatic carbocycles. The number of thiazole rings is 1. The number of anilines is 1. The van der Waals surface area contributed by atoms with Crippen LogP contribution in [0.1, 0.15) is 33.0 Å². The van der Waals surface area contributed by atoms with Crippen molar-refractivity contribution in [1.29, 1.82) is 0 Å². The molecule has 0 unspecified atom stereocenters. The SMILES string of the molecule is CC(=O)NCc1ccc(-c2csc(NC(N)=NCCCOC(C)C)n2)o1. The van der Waals surface area contributed by atoms with E-state index in [9.17, 15) is 4.79 Å². The minimum absolute atomic E-state index is 0.103. The number of nitrogens with two attached hydrogens (primary N) is 1. The lowest BCUT2D eigenvalue weighted by Crippen LogP contribution is -2.23. The number of amides is 1. The molecule has 0 saturated heterocycles. The van der Waals surface area contributed by atoms with Gasteiger partial charge in [-0.3, -0.25) is 9.79 Å². The van der Waals surface area contributed by atoms with Gasteiger partial charge in [0.1, 0.15) is 11.5 Å². The van der Waals surface area contributed by atoms with E-state index >= 15 is 0 Å². The Morgan fingerprint density at radius 1 is 1.46 bits per heavy atom. The summed E-state index contributed by atoms with van der Waals surface area (Å²) in [5.41, 5.74) is 6.57. The lowest BCUT2D eigenvalue weighted by atomic mass is 10.3. The molecule has 0 atom stereocenters. The van der Waals surface area contributed by atoms with E-state index in [2.05, 4.69) is 20.6 Å². The highest BCUT2D eigenvalue weighted by Gasteiger charge is 2.10. The van der Waals surface area contributed by atoms with Crippen LogP contribution in [0.4, 0.5) is 5.13 Å². The van der Waals surface area contributed by atoms with Crippen molar-refractivity contribution < 1.29 is 13.9 Å². The number of hydrogen-bond donors (Lipinski definition) is 3. The van der Waals surface area contributed by atoms with Crippen LogP contribution >= 0.6 is 11.3 Å². The monoisotopic (exact) mass is 379 g/mol. The lowest BCUT2D eigenvalue weighted by molar-refractivity contribution is -0.119. The molecule has 1 amide bonds. The number of nitrogens with zero attached hydrogens (tertiary/aromatic N) is 2. The summed E-state index contributed by atoms with van der Waals surface area (Å²) >= 11 is 1.41. The zero-order valence-corrected chi connectivity index (χ0v) is 16.1. The van der Waals surface area contributed by atoms with Gasteiger partial charge in [0.25, 0.3) is 0 Å². The molecule has 0 aliphatic carbocycles. The smallest absolute Gasteiger partial charge is 0.217 e. The normalized spacial score (nSPS) is 11.8. The molecule has 26 heavy (non-hydrogen) atoms. The highest BCUT2D eigenvalue weighted by molar-refractivity contribution is 7.14. The maximum atomic E-state index is 10.9. The molecule has 2 aromatic rings. The Hall–Kier alpha value is -2.39. The van der Waals surface area contributed by atoms with Crippen LogP contribution in [0, 0.1) is 0 Å². The van der Waals surface area contributed by atoms with Gasteiger partial charge in [0, 0.05) is 25.5 Å². The molecule has 8 nitrogen and oxygen atoms in total. The Balaban J connectivity index is 1.84. The van der Waals surface area contributed by atoms with Crippen molar-refractivity contribution in [2.75, 3.05) is 18.5 Å². The van der Waals surface area contributed by atoms with Gasteiger partial charge in [-0.2, -0.15) is 0 Å². The number of rotatable bonds is 9. The van der Waals surface area contributed by atoms with Crippen LogP contribution in [0.25, 0.3) is 11.5 Å². The Labute approximate surface area is 156 Å². The van der Waals surface area contributed by atoms with Gasteiger partial charge in [-0.15, -0.1) is 11.3 Å². The first-order valence-electron chi connectivity index (χ1n) is 8.41. The van der Waals surface area contributed by atoms with Crippen LogP contribution in [-0.2, 0) is 16.1 Å². The van der Waals surface area contributed by atoms with Crippen molar-refractivity contribution >= 4 is 28.3 Å². The summed E-state index contributed by atoms with van der Waals surface area (Å²) in [4.78, 5) is 19.6. The van der Waals surface area contributed by atoms with Crippen molar-refractivity contribution in [3.63, 3.8) is 0 Å². The van der Waals surface area contributed by atoms with E-state index in [4.69, 9.17) is 14.9 Å². The fraction of sp³-hybridized carbons (Fsp3) is 0.471. The van der Waals surface area contributed by atoms with Gasteiger partial charge >= 0.3 is 0 Å². The average molecular weight is 379 g/mol. The van der Waals surface area contributed by atoms with Crippen molar-refractivity contribution in [2.45, 2.75) is 39.8 Å². The largest absolute Gasteiger partial charge is 0.458 e. The molecule has 0 fully saturated rings. The Kier molecular flexibility index (Phi) is 7.61. The van der Waals surface area contributed by atoms with Crippen molar-refractivity contribution in [2.24, 2.45) is 10.7 Å². The highest BCUT2D eigenvalue weighted by Crippen LogP contribution is 2.26. The predicted molar refractivity (Wildman–Crippen MR) is 103 cm³/mol. The Morgan fingerprint density at radius 2 is 2.27 bits per heavy atom. The van der Waals surface area contributed by atoms with Crippen LogP contribution < -0.4 is 16.4 Å². The third-order valence-corrected chi connectivity index (χ3v) is 3.96. The maximum absolute atomic E-state index is 10.9. The van der Waals surface area contributed by atoms with E-state index in [0.29, 0.717) is 48.0 Å². The predicted octanol–water partition coefficient (Wildman–Crippen LogP) is 2.58. The molecule has 0 saturated carbocycles. The molecule has 0 radical (unpaired) electrons. The molecular formula is C17H25N5O3S. The van der Waals surface area contributed by atoms with E-state index in [1.807, 2.05) is 31.4 Å². The van der Waals surface area contributed by atoms with Crippen LogP contribution in [0.3, 0.4) is 0 Å². The van der Waals surface area contributed by atoms with E-state index in [-0.39, 0.29) is 12.0 Å². The number of carbonyl (C=O) groups excluding carboxylic acids is 1. The third-order valence-electron chi connectivity index (χ3n) is 3.20. The van der Waals surface area contributed by atoms with E-state index in [1.54, 1.807) is 0 Å². The molecule has 4 N–H and O–H groups in total. The maximum Gasteiger partial charge on any atom is 0.217 e. The van der Waals surface area contributed by atoms with Crippen molar-refractivity contribution in [3.05, 3.63) is 23.3 Å². The van der Waals surface area contributed by atoms with E-state index < -0.39 is 0 Å². The zero-order valence-electron chi connectivity index (χ0n) is 15.2. The average Bonchev–Trinajstić information content (AvgIpc) is 3.21. The second-order valence-corrected chi connectivity index (χ2v) is 6.74. The van der Waals surface area contributed by atoms with Crippen molar-refractivity contribution in [3.8, 4) is 11.5 Å². The number of aliphatic imine (C=N–C) groups is 1. The second kappa shape index (κ2) is 9.93. The van der Waals surface area contributed by atoms with Crippen LogP contribution in [-0.4, -0.2) is 36.1 Å². The number of ether oxygens (including phenoxy) is 1. The lowest BCUT2D eigenvalue weighted by Gasteiger charge is -2.06. The Bertz CT molecular complexity index is 738. The number of guanidine groups is 1. The van der Waals surface area contributed by atoms with Crippen LogP contribution in [0.15, 0.2) is 26.9 Å². The fourth-order valence-corrected chi connectivity index (χ4v) is 2.71. The summed E-state index contributed by atoms with van der Waals surface area (Å²) in [7, 11) is 0. The highest BCUT2D eigenvalue weighted by atomic mass is 32.1. The molecule has 2 rings (SSSR count). The van der Waals surface area contributed by atoms with Crippen LogP contribution in [0.5, 0.6) is 0 Å². The number of carbonyl (C=O) groups is 1. The Morgan fingerprint density at radius 3 is 3.00 bits per heavy atom. The minimum Gasteiger partial charge on any atom is -0.458 e. The summed E-state index contributed by atoms with van der Waals surface area (Å²) in [6.45, 7) is 7.07. The molecule has 142 valence electrons. The molecule has 9 heteroatoms. The van der Waals surface area contributed by atoms with Crippen LogP contribution in [0.2, 0.25) is 0 Å². The van der Waals surface area contributed by atoms with Gasteiger partial charge in [-0.1, -0.05) is 0 Å². The second-order valence-electron chi connectivity index (χ2n) is 5.88. The summed E-state index contributed by atoms with van der Waals surface area (Å²) < 4.78 is 11.1. The number of nitrogens with one attached hydrogen (secondary N) is 2. The van der Waals surface area contributed by atoms with Gasteiger partial charge in [0.15, 0.2) is 16.9 Å². The fourth-order valence-electron chi connectivity index (χ4n) is 2.00. The topological polar surface area (TPSA) is 115 Å². The molecule has 2 heterocycles. The van der Waals surface area contributed by atoms with Gasteiger partial charge in [0.2, 0.25) is 5.91 Å². The number of hydrogen-bond acceptors (Lipinski definition) is 6. The minimum atomic E-state index is -0.103. The summed E-state index contributed by atoms with van der Waals surface area (Å²) in [5, 5.41) is 8.17. The first-order valence-corrected chi connectivity index (χ1v) is 9.29. The molecule has 0 spiro atoms. The molecule has 0 aliphatic heterocycles. The molecule has 2 aromatic heterocycles. The number of furan rings is 1. The zero-order chi connectivity index (χ0) is 18.9. The van der Waals surface area contributed by atoms with Gasteiger partial charge in [-0.05, 0) is 32.4 Å². The summed E-state index contributed by atoms with van der Waals surface area (Å²) in [5.74, 6) is 1.52. The van der Waals surface area contributed by atoms with Gasteiger partial charge in [-0.25, -0.2) is 4.98 Å². The first-order chi connectivity index (χ1) is 12.4. The number of aromatic nitrogens is 1. The van der Waals surface area contributed by atoms with Gasteiger partial charge < -0.3 is 25.5 Å². The van der Waals surface area contributed by atoms with E-state index in [0.717, 1.165) is 6.42 Å². The first kappa shape index (κ1) is 19.9. The molecule has 0 aliphatic rings. The van der Waals surface area contributed by atoms with Gasteiger partial charge in [0.05, 0.1) is 12.6 Å². The quantitative estimate of drug-likeness (QED) is 0.350. The van der Waals surface area contributed by atoms with E-state index in [1.165, 1.54) is 18.3 Å². The standard InChI is InChI=1S/C17H25N5O3S/c1-11(2)24-8-4-7-19-16(18)22-17-21-14(10-26-17)15-6-5-13(25-15)9-20-12(3)23/h5-6,10-11H,4,7-9H2,1-3H3,(H,20,23)(H3,18,19,21,22).